The number of alkyl halides is 6. The van der Waals surface area contributed by atoms with Gasteiger partial charge in [-0.15, -0.1) is 10.2 Å². The Morgan fingerprint density at radius 1 is 0.769 bits per heavy atom. The van der Waals surface area contributed by atoms with Crippen molar-refractivity contribution >= 4 is 21.1 Å². The van der Waals surface area contributed by atoms with Crippen molar-refractivity contribution in [1.82, 2.24) is 33.3 Å². The van der Waals surface area contributed by atoms with Crippen LogP contribution >= 0.6 is 0 Å². The van der Waals surface area contributed by atoms with Crippen molar-refractivity contribution in [2.45, 2.75) is 24.2 Å². The summed E-state index contributed by atoms with van der Waals surface area (Å²) in [4.78, 5) is 29.3. The molecule has 0 N–H and O–H groups in total. The zero-order valence-electron chi connectivity index (χ0n) is 19.3. The van der Waals surface area contributed by atoms with Gasteiger partial charge in [0.2, 0.25) is 0 Å². The highest BCUT2D eigenvalue weighted by Crippen LogP contribution is 2.30. The summed E-state index contributed by atoms with van der Waals surface area (Å²) in [5.74, 6) is -1.52. The molecule has 0 unspecified atom stereocenters. The van der Waals surface area contributed by atoms with Gasteiger partial charge < -0.3 is 0 Å². The molecule has 5 aromatic rings. The minimum atomic E-state index is -4.76. The molecule has 0 aromatic carbocycles. The van der Waals surface area contributed by atoms with Crippen molar-refractivity contribution in [3.8, 4) is 11.6 Å². The van der Waals surface area contributed by atoms with Crippen LogP contribution < -0.4 is 11.4 Å². The van der Waals surface area contributed by atoms with E-state index in [1.54, 1.807) is 0 Å². The average Bonchev–Trinajstić information content (AvgIpc) is 3.38. The molecule has 0 fully saturated rings. The average molecular weight is 573 g/mol. The Morgan fingerprint density at radius 3 is 1.74 bits per heavy atom. The second-order valence-corrected chi connectivity index (χ2v) is 10.3. The lowest BCUT2D eigenvalue weighted by Crippen LogP contribution is -2.25. The van der Waals surface area contributed by atoms with E-state index in [2.05, 4.69) is 15.2 Å². The third kappa shape index (κ3) is 4.35. The van der Waals surface area contributed by atoms with Crippen LogP contribution in [0, 0.1) is 0 Å². The second kappa shape index (κ2) is 8.52. The van der Waals surface area contributed by atoms with Crippen LogP contribution in [0.2, 0.25) is 0 Å². The van der Waals surface area contributed by atoms with E-state index in [-0.39, 0.29) is 0 Å². The lowest BCUT2D eigenvalue weighted by molar-refractivity contribution is -0.138. The van der Waals surface area contributed by atoms with Gasteiger partial charge in [-0.3, -0.25) is 0 Å². The molecule has 0 spiro atoms. The van der Waals surface area contributed by atoms with Crippen molar-refractivity contribution < 1.29 is 34.8 Å². The van der Waals surface area contributed by atoms with Crippen LogP contribution in [0.3, 0.4) is 0 Å². The van der Waals surface area contributed by atoms with Gasteiger partial charge in [0.1, 0.15) is 4.90 Å². The van der Waals surface area contributed by atoms with Gasteiger partial charge in [0.05, 0.1) is 16.9 Å². The quantitative estimate of drug-likeness (QED) is 0.303. The lowest BCUT2D eigenvalue weighted by atomic mass is 10.2. The number of aromatic nitrogens is 7. The highest BCUT2D eigenvalue weighted by atomic mass is 32.2. The first kappa shape index (κ1) is 26.1. The van der Waals surface area contributed by atoms with E-state index in [0.717, 1.165) is 33.3 Å². The molecule has 18 heteroatoms. The van der Waals surface area contributed by atoms with E-state index in [4.69, 9.17) is 0 Å². The molecule has 0 saturated carbocycles. The topological polar surface area (TPSA) is 126 Å². The first-order valence-electron chi connectivity index (χ1n) is 10.7. The molecule has 0 bridgehead atoms. The van der Waals surface area contributed by atoms with Gasteiger partial charge in [-0.2, -0.15) is 35.7 Å². The highest BCUT2D eigenvalue weighted by Gasteiger charge is 2.33. The van der Waals surface area contributed by atoms with E-state index in [1.807, 2.05) is 0 Å². The standard InChI is InChI=1S/C21H13F6N7O4S/c1-2-39(37,38)13-3-4-14(33-18(35)31-7-5-11(20(22,23)24)9-15(31)29-33)28-17(13)34-19(36)32-8-6-12(21(25,26)27)10-16(32)30-34/h3-10H,2H2,1H3. The number of halogens is 6. The molecule has 0 amide bonds. The number of pyridine rings is 3. The smallest absolute Gasteiger partial charge is 0.250 e. The van der Waals surface area contributed by atoms with Crippen LogP contribution in [0.15, 0.2) is 63.3 Å². The number of hydrogen-bond acceptors (Lipinski definition) is 7. The number of nitrogens with zero attached hydrogens (tertiary/aromatic N) is 7. The molecule has 0 radical (unpaired) electrons. The molecule has 0 aliphatic rings. The Bertz CT molecular complexity index is 2000. The normalized spacial score (nSPS) is 13.0. The summed E-state index contributed by atoms with van der Waals surface area (Å²) >= 11 is 0. The van der Waals surface area contributed by atoms with E-state index in [9.17, 15) is 44.3 Å². The molecular weight excluding hydrogens is 560 g/mol. The summed E-state index contributed by atoms with van der Waals surface area (Å²) in [5, 5.41) is 7.63. The van der Waals surface area contributed by atoms with Crippen molar-refractivity contribution in [1.29, 1.82) is 0 Å². The number of fused-ring (bicyclic) bond motifs is 2. The predicted octanol–water partition coefficient (Wildman–Crippen LogP) is 2.51. The molecular formula is C21H13F6N7O4S. The van der Waals surface area contributed by atoms with Crippen LogP contribution in [0.1, 0.15) is 18.1 Å². The maximum atomic E-state index is 13.2. The molecule has 0 aliphatic carbocycles. The van der Waals surface area contributed by atoms with Crippen LogP contribution in [0.4, 0.5) is 26.3 Å². The fourth-order valence-corrected chi connectivity index (χ4v) is 4.68. The van der Waals surface area contributed by atoms with Gasteiger partial charge in [-0.05, 0) is 36.4 Å². The molecule has 5 heterocycles. The minimum absolute atomic E-state index is 0.401. The Morgan fingerprint density at radius 2 is 1.26 bits per heavy atom. The Hall–Kier alpha value is -4.48. The van der Waals surface area contributed by atoms with Crippen LogP contribution in [0.5, 0.6) is 0 Å². The fraction of sp³-hybridized carbons (Fsp3) is 0.190. The predicted molar refractivity (Wildman–Crippen MR) is 121 cm³/mol. The van der Waals surface area contributed by atoms with Gasteiger partial charge in [0, 0.05) is 12.4 Å². The maximum Gasteiger partial charge on any atom is 0.416 e. The maximum absolute atomic E-state index is 13.2. The lowest BCUT2D eigenvalue weighted by Gasteiger charge is -2.09. The first-order chi connectivity index (χ1) is 18.1. The summed E-state index contributed by atoms with van der Waals surface area (Å²) in [5.41, 5.74) is -5.14. The van der Waals surface area contributed by atoms with Gasteiger partial charge in [-0.1, -0.05) is 6.92 Å². The third-order valence-corrected chi connectivity index (χ3v) is 7.41. The van der Waals surface area contributed by atoms with E-state index in [0.29, 0.717) is 33.6 Å². The van der Waals surface area contributed by atoms with Gasteiger partial charge in [-0.25, -0.2) is 31.8 Å². The molecule has 39 heavy (non-hydrogen) atoms. The van der Waals surface area contributed by atoms with Crippen molar-refractivity contribution in [2.75, 3.05) is 5.75 Å². The van der Waals surface area contributed by atoms with E-state index < -0.39 is 78.3 Å². The van der Waals surface area contributed by atoms with Crippen molar-refractivity contribution in [2.24, 2.45) is 0 Å². The molecule has 0 saturated heterocycles. The monoisotopic (exact) mass is 573 g/mol. The molecule has 11 nitrogen and oxygen atoms in total. The third-order valence-electron chi connectivity index (χ3n) is 5.66. The Balaban J connectivity index is 1.76. The second-order valence-electron chi connectivity index (χ2n) is 8.07. The summed E-state index contributed by atoms with van der Waals surface area (Å²) in [6, 6.07) is 4.47. The summed E-state index contributed by atoms with van der Waals surface area (Å²) in [7, 11) is -4.11. The van der Waals surface area contributed by atoms with Crippen molar-refractivity contribution in [3.05, 3.63) is 80.9 Å². The van der Waals surface area contributed by atoms with Gasteiger partial charge >= 0.3 is 23.7 Å². The van der Waals surface area contributed by atoms with Crippen LogP contribution in [0.25, 0.3) is 22.9 Å². The number of rotatable bonds is 4. The Kier molecular flexibility index (Phi) is 5.71. The molecule has 204 valence electrons. The largest absolute Gasteiger partial charge is 0.416 e. The van der Waals surface area contributed by atoms with Crippen LogP contribution in [-0.4, -0.2) is 47.5 Å². The van der Waals surface area contributed by atoms with Crippen LogP contribution in [-0.2, 0) is 22.2 Å². The number of sulfone groups is 1. The molecule has 0 atom stereocenters. The van der Waals surface area contributed by atoms with Crippen molar-refractivity contribution in [3.63, 3.8) is 0 Å². The summed E-state index contributed by atoms with van der Waals surface area (Å²) < 4.78 is 107. The van der Waals surface area contributed by atoms with Gasteiger partial charge in [0.15, 0.2) is 32.8 Å². The molecule has 0 aliphatic heterocycles. The zero-order valence-corrected chi connectivity index (χ0v) is 20.1. The summed E-state index contributed by atoms with van der Waals surface area (Å²) in [6.45, 7) is 1.29. The van der Waals surface area contributed by atoms with Gasteiger partial charge in [0.25, 0.3) is 0 Å². The first-order valence-corrected chi connectivity index (χ1v) is 12.4. The SMILES string of the molecule is CCS(=O)(=O)c1ccc(-n2nc3cc(C(F)(F)F)ccn3c2=O)nc1-n1nc2cc(C(F)(F)F)ccn2c1=O. The summed E-state index contributed by atoms with van der Waals surface area (Å²) in [6.07, 6.45) is -7.84. The zero-order chi connectivity index (χ0) is 28.5. The molecule has 5 aromatic heterocycles. The van der Waals surface area contributed by atoms with E-state index >= 15 is 0 Å². The molecule has 5 rings (SSSR count). The Labute approximate surface area is 212 Å². The highest BCUT2D eigenvalue weighted by molar-refractivity contribution is 7.91. The fourth-order valence-electron chi connectivity index (χ4n) is 3.68. The van der Waals surface area contributed by atoms with E-state index in [1.165, 1.54) is 6.92 Å². The minimum Gasteiger partial charge on any atom is -0.250 e. The number of hydrogen-bond donors (Lipinski definition) is 0.